The molecule has 2 aromatic rings. The molecule has 4 heteroatoms. The lowest BCUT2D eigenvalue weighted by Crippen LogP contribution is -2.22. The molecule has 1 aromatic heterocycles. The first-order chi connectivity index (χ1) is 9.20. The molecule has 1 amide bonds. The molecule has 1 aromatic carbocycles. The standard InChI is InChI=1S/C15H18N2O2/c1-11-7-9-19-14(11)15(18)17-10-13-4-2-12(3-5-13)6-8-16/h2-5,7,9H,6,8,10,16H2,1H3,(H,17,18). The number of furan rings is 1. The number of carbonyl (C=O) groups is 1. The molecule has 0 unspecified atom stereocenters. The van der Waals surface area contributed by atoms with Crippen molar-refractivity contribution in [2.24, 2.45) is 5.73 Å². The lowest BCUT2D eigenvalue weighted by molar-refractivity contribution is 0.0922. The Hall–Kier alpha value is -2.07. The topological polar surface area (TPSA) is 68.3 Å². The molecule has 0 saturated heterocycles. The van der Waals surface area contributed by atoms with Crippen LogP contribution in [0.3, 0.4) is 0 Å². The summed E-state index contributed by atoms with van der Waals surface area (Å²) in [5.41, 5.74) is 8.60. The second-order valence-corrected chi connectivity index (χ2v) is 4.47. The summed E-state index contributed by atoms with van der Waals surface area (Å²) in [7, 11) is 0. The van der Waals surface area contributed by atoms with E-state index in [9.17, 15) is 4.79 Å². The van der Waals surface area contributed by atoms with Crippen LogP contribution in [0.5, 0.6) is 0 Å². The van der Waals surface area contributed by atoms with E-state index in [4.69, 9.17) is 10.2 Å². The zero-order valence-electron chi connectivity index (χ0n) is 11.0. The van der Waals surface area contributed by atoms with Gasteiger partial charge in [0.05, 0.1) is 6.26 Å². The van der Waals surface area contributed by atoms with Crippen LogP contribution in [0.2, 0.25) is 0 Å². The number of hydrogen-bond acceptors (Lipinski definition) is 3. The molecule has 0 bridgehead atoms. The van der Waals surface area contributed by atoms with E-state index < -0.39 is 0 Å². The summed E-state index contributed by atoms with van der Waals surface area (Å²) in [6, 6.07) is 9.84. The second kappa shape index (κ2) is 6.20. The van der Waals surface area contributed by atoms with Crippen LogP contribution in [0.1, 0.15) is 27.2 Å². The molecular formula is C15H18N2O2. The number of hydrogen-bond donors (Lipinski definition) is 2. The SMILES string of the molecule is Cc1ccoc1C(=O)NCc1ccc(CCN)cc1. The normalized spacial score (nSPS) is 10.4. The van der Waals surface area contributed by atoms with Crippen molar-refractivity contribution < 1.29 is 9.21 Å². The van der Waals surface area contributed by atoms with Crippen molar-refractivity contribution in [2.45, 2.75) is 19.9 Å². The summed E-state index contributed by atoms with van der Waals surface area (Å²) in [5, 5.41) is 2.84. The number of nitrogens with two attached hydrogens (primary N) is 1. The molecule has 0 radical (unpaired) electrons. The maximum Gasteiger partial charge on any atom is 0.287 e. The van der Waals surface area contributed by atoms with Crippen LogP contribution in [0, 0.1) is 6.92 Å². The lowest BCUT2D eigenvalue weighted by atomic mass is 10.1. The van der Waals surface area contributed by atoms with E-state index in [1.54, 1.807) is 6.07 Å². The highest BCUT2D eigenvalue weighted by molar-refractivity contribution is 5.92. The van der Waals surface area contributed by atoms with Crippen LogP contribution in [0.15, 0.2) is 41.0 Å². The summed E-state index contributed by atoms with van der Waals surface area (Å²) in [6.45, 7) is 2.98. The molecule has 0 aliphatic heterocycles. The molecule has 1 heterocycles. The summed E-state index contributed by atoms with van der Waals surface area (Å²) in [4.78, 5) is 11.8. The van der Waals surface area contributed by atoms with E-state index in [0.717, 1.165) is 17.5 Å². The van der Waals surface area contributed by atoms with E-state index in [0.29, 0.717) is 18.8 Å². The number of amides is 1. The van der Waals surface area contributed by atoms with Gasteiger partial charge in [0.15, 0.2) is 5.76 Å². The lowest BCUT2D eigenvalue weighted by Gasteiger charge is -2.05. The molecule has 4 nitrogen and oxygen atoms in total. The fraction of sp³-hybridized carbons (Fsp3) is 0.267. The van der Waals surface area contributed by atoms with Crippen molar-refractivity contribution in [3.63, 3.8) is 0 Å². The van der Waals surface area contributed by atoms with Gasteiger partial charge in [-0.2, -0.15) is 0 Å². The van der Waals surface area contributed by atoms with Gasteiger partial charge in [0, 0.05) is 12.1 Å². The third-order valence-electron chi connectivity index (χ3n) is 2.98. The first-order valence-corrected chi connectivity index (χ1v) is 6.31. The van der Waals surface area contributed by atoms with E-state index in [1.165, 1.54) is 11.8 Å². The van der Waals surface area contributed by atoms with Crippen molar-refractivity contribution in [2.75, 3.05) is 6.54 Å². The van der Waals surface area contributed by atoms with Crippen molar-refractivity contribution in [1.82, 2.24) is 5.32 Å². The highest BCUT2D eigenvalue weighted by Gasteiger charge is 2.11. The molecule has 2 rings (SSSR count). The van der Waals surface area contributed by atoms with E-state index in [1.807, 2.05) is 31.2 Å². The molecule has 100 valence electrons. The third-order valence-corrected chi connectivity index (χ3v) is 2.98. The molecule has 0 fully saturated rings. The fourth-order valence-corrected chi connectivity index (χ4v) is 1.86. The van der Waals surface area contributed by atoms with Crippen LogP contribution in [-0.2, 0) is 13.0 Å². The average molecular weight is 258 g/mol. The molecule has 3 N–H and O–H groups in total. The number of rotatable bonds is 5. The van der Waals surface area contributed by atoms with Gasteiger partial charge >= 0.3 is 0 Å². The van der Waals surface area contributed by atoms with Crippen molar-refractivity contribution in [3.05, 3.63) is 59.0 Å². The van der Waals surface area contributed by atoms with Gasteiger partial charge < -0.3 is 15.5 Å². The summed E-state index contributed by atoms with van der Waals surface area (Å²) < 4.78 is 5.14. The molecule has 0 saturated carbocycles. The van der Waals surface area contributed by atoms with Gasteiger partial charge in [0.1, 0.15) is 0 Å². The van der Waals surface area contributed by atoms with Crippen molar-refractivity contribution in [1.29, 1.82) is 0 Å². The van der Waals surface area contributed by atoms with Crippen molar-refractivity contribution in [3.8, 4) is 0 Å². The number of nitrogens with one attached hydrogen (secondary N) is 1. The van der Waals surface area contributed by atoms with Crippen LogP contribution < -0.4 is 11.1 Å². The fourth-order valence-electron chi connectivity index (χ4n) is 1.86. The van der Waals surface area contributed by atoms with Crippen LogP contribution in [-0.4, -0.2) is 12.5 Å². The number of benzene rings is 1. The maximum atomic E-state index is 11.8. The van der Waals surface area contributed by atoms with Crippen LogP contribution >= 0.6 is 0 Å². The minimum atomic E-state index is -0.187. The molecule has 0 aliphatic carbocycles. The number of aryl methyl sites for hydroxylation is 1. The maximum absolute atomic E-state index is 11.8. The Labute approximate surface area is 112 Å². The Balaban J connectivity index is 1.92. The van der Waals surface area contributed by atoms with Gasteiger partial charge in [-0.25, -0.2) is 0 Å². The van der Waals surface area contributed by atoms with Gasteiger partial charge in [-0.3, -0.25) is 4.79 Å². The number of carbonyl (C=O) groups excluding carboxylic acids is 1. The van der Waals surface area contributed by atoms with Gasteiger partial charge in [-0.05, 0) is 37.1 Å². The average Bonchev–Trinajstić information content (AvgIpc) is 2.84. The largest absolute Gasteiger partial charge is 0.459 e. The Morgan fingerprint density at radius 2 is 1.89 bits per heavy atom. The quantitative estimate of drug-likeness (QED) is 0.862. The molecule has 19 heavy (non-hydrogen) atoms. The summed E-state index contributed by atoms with van der Waals surface area (Å²) in [6.07, 6.45) is 2.39. The Bertz CT molecular complexity index is 544. The zero-order valence-corrected chi connectivity index (χ0v) is 11.0. The van der Waals surface area contributed by atoms with Crippen LogP contribution in [0.25, 0.3) is 0 Å². The highest BCUT2D eigenvalue weighted by Crippen LogP contribution is 2.09. The first-order valence-electron chi connectivity index (χ1n) is 6.31. The van der Waals surface area contributed by atoms with Gasteiger partial charge in [0.25, 0.3) is 5.91 Å². The predicted octanol–water partition coefficient (Wildman–Crippen LogP) is 2.02. The third kappa shape index (κ3) is 3.45. The Kier molecular flexibility index (Phi) is 4.36. The molecular weight excluding hydrogens is 240 g/mol. The molecule has 0 aliphatic rings. The monoisotopic (exact) mass is 258 g/mol. The summed E-state index contributed by atoms with van der Waals surface area (Å²) in [5.74, 6) is 0.188. The molecule has 0 spiro atoms. The minimum absolute atomic E-state index is 0.187. The van der Waals surface area contributed by atoms with Crippen molar-refractivity contribution >= 4 is 5.91 Å². The first kappa shape index (κ1) is 13.4. The van der Waals surface area contributed by atoms with E-state index in [-0.39, 0.29) is 5.91 Å². The van der Waals surface area contributed by atoms with Crippen LogP contribution in [0.4, 0.5) is 0 Å². The highest BCUT2D eigenvalue weighted by atomic mass is 16.3. The smallest absolute Gasteiger partial charge is 0.287 e. The van der Waals surface area contributed by atoms with Gasteiger partial charge in [0.2, 0.25) is 0 Å². The van der Waals surface area contributed by atoms with Gasteiger partial charge in [-0.1, -0.05) is 24.3 Å². The molecule has 0 atom stereocenters. The minimum Gasteiger partial charge on any atom is -0.459 e. The zero-order chi connectivity index (χ0) is 13.7. The van der Waals surface area contributed by atoms with Gasteiger partial charge in [-0.15, -0.1) is 0 Å². The second-order valence-electron chi connectivity index (χ2n) is 4.47. The Morgan fingerprint density at radius 3 is 2.47 bits per heavy atom. The summed E-state index contributed by atoms with van der Waals surface area (Å²) >= 11 is 0. The van der Waals surface area contributed by atoms with E-state index in [2.05, 4.69) is 5.32 Å². The predicted molar refractivity (Wildman–Crippen MR) is 73.8 cm³/mol. The Morgan fingerprint density at radius 1 is 1.21 bits per heavy atom. The van der Waals surface area contributed by atoms with E-state index >= 15 is 0 Å².